The second-order valence-electron chi connectivity index (χ2n) is 5.49. The maximum Gasteiger partial charge on any atom is 0.241 e. The van der Waals surface area contributed by atoms with Crippen molar-refractivity contribution in [1.29, 1.82) is 0 Å². The number of amides is 1. The summed E-state index contributed by atoms with van der Waals surface area (Å²) in [5.74, 6) is 0.00807. The Kier molecular flexibility index (Phi) is 5.15. The number of hydrogen-bond donors (Lipinski definition) is 2. The van der Waals surface area contributed by atoms with Crippen LogP contribution in [0.25, 0.3) is 0 Å². The van der Waals surface area contributed by atoms with Gasteiger partial charge in [-0.05, 0) is 45.7 Å². The smallest absolute Gasteiger partial charge is 0.241 e. The molecule has 1 unspecified atom stereocenters. The van der Waals surface area contributed by atoms with E-state index in [0.29, 0.717) is 12.1 Å². The van der Waals surface area contributed by atoms with Gasteiger partial charge in [0.2, 0.25) is 5.91 Å². The van der Waals surface area contributed by atoms with Crippen molar-refractivity contribution in [2.75, 3.05) is 11.9 Å². The topological polar surface area (TPSA) is 50.4 Å². The fourth-order valence-electron chi connectivity index (χ4n) is 2.39. The third kappa shape index (κ3) is 4.05. The summed E-state index contributed by atoms with van der Waals surface area (Å²) in [7, 11) is 0. The van der Waals surface area contributed by atoms with Crippen LogP contribution < -0.4 is 10.6 Å². The van der Waals surface area contributed by atoms with Crippen molar-refractivity contribution in [3.63, 3.8) is 0 Å². The number of nitrogens with one attached hydrogen (secondary N) is 2. The molecule has 0 spiro atoms. The first-order valence-electron chi connectivity index (χ1n) is 7.33. The summed E-state index contributed by atoms with van der Waals surface area (Å²) in [6.07, 6.45) is 2.36. The van der Waals surface area contributed by atoms with E-state index in [1.54, 1.807) is 0 Å². The molecule has 2 rings (SSSR count). The molecule has 110 valence electrons. The average molecular weight is 276 g/mol. The summed E-state index contributed by atoms with van der Waals surface area (Å²) < 4.78 is 5.52. The fourth-order valence-corrected chi connectivity index (χ4v) is 2.39. The van der Waals surface area contributed by atoms with Gasteiger partial charge in [-0.15, -0.1) is 0 Å². The maximum atomic E-state index is 12.1. The minimum absolute atomic E-state index is 0.00807. The molecule has 1 aliphatic rings. The molecule has 1 saturated carbocycles. The van der Waals surface area contributed by atoms with Gasteiger partial charge in [-0.3, -0.25) is 4.79 Å². The van der Waals surface area contributed by atoms with Crippen LogP contribution in [0.3, 0.4) is 0 Å². The summed E-state index contributed by atoms with van der Waals surface area (Å²) >= 11 is 0. The number of aryl methyl sites for hydroxylation is 1. The lowest BCUT2D eigenvalue weighted by molar-refractivity contribution is -0.118. The number of carbonyl (C=O) groups is 1. The van der Waals surface area contributed by atoms with E-state index in [0.717, 1.165) is 25.1 Å². The molecule has 1 fully saturated rings. The van der Waals surface area contributed by atoms with Crippen molar-refractivity contribution in [3.05, 3.63) is 29.8 Å². The van der Waals surface area contributed by atoms with Crippen LogP contribution in [0.4, 0.5) is 5.69 Å². The highest BCUT2D eigenvalue weighted by Gasteiger charge is 2.31. The van der Waals surface area contributed by atoms with E-state index in [2.05, 4.69) is 10.6 Å². The van der Waals surface area contributed by atoms with E-state index in [4.69, 9.17) is 4.74 Å². The monoisotopic (exact) mass is 276 g/mol. The molecule has 4 nitrogen and oxygen atoms in total. The van der Waals surface area contributed by atoms with Crippen LogP contribution >= 0.6 is 0 Å². The number of ether oxygens (including phenoxy) is 1. The number of anilines is 1. The van der Waals surface area contributed by atoms with Crippen LogP contribution in [0.15, 0.2) is 24.3 Å². The predicted molar refractivity (Wildman–Crippen MR) is 80.8 cm³/mol. The van der Waals surface area contributed by atoms with Crippen molar-refractivity contribution in [1.82, 2.24) is 5.32 Å². The minimum Gasteiger partial charge on any atom is -0.378 e. The molecule has 0 radical (unpaired) electrons. The van der Waals surface area contributed by atoms with E-state index in [9.17, 15) is 4.79 Å². The van der Waals surface area contributed by atoms with Gasteiger partial charge in [0.05, 0.1) is 12.1 Å². The highest BCUT2D eigenvalue weighted by atomic mass is 16.5. The largest absolute Gasteiger partial charge is 0.378 e. The fraction of sp³-hybridized carbons (Fsp3) is 0.562. The van der Waals surface area contributed by atoms with E-state index < -0.39 is 0 Å². The highest BCUT2D eigenvalue weighted by Crippen LogP contribution is 2.23. The maximum absolute atomic E-state index is 12.1. The molecule has 1 atom stereocenters. The second kappa shape index (κ2) is 6.86. The van der Waals surface area contributed by atoms with Crippen LogP contribution in [-0.4, -0.2) is 30.7 Å². The molecule has 1 aliphatic carbocycles. The van der Waals surface area contributed by atoms with Crippen LogP contribution in [0.1, 0.15) is 32.3 Å². The van der Waals surface area contributed by atoms with Crippen LogP contribution in [0.5, 0.6) is 0 Å². The third-order valence-electron chi connectivity index (χ3n) is 3.70. The standard InChI is InChI=1S/C16H24N2O2/c1-4-20-15-9-14(10-15)17-12(3)16(19)18-13-7-5-11(2)6-8-13/h5-8,12,14-15,17H,4,9-10H2,1-3H3,(H,18,19). The molecule has 0 bridgehead atoms. The van der Waals surface area contributed by atoms with Crippen molar-refractivity contribution >= 4 is 11.6 Å². The first-order chi connectivity index (χ1) is 9.58. The number of hydrogen-bond acceptors (Lipinski definition) is 3. The zero-order chi connectivity index (χ0) is 14.5. The number of rotatable bonds is 6. The molecule has 0 aromatic heterocycles. The Balaban J connectivity index is 1.74. The van der Waals surface area contributed by atoms with Gasteiger partial charge in [-0.25, -0.2) is 0 Å². The zero-order valence-electron chi connectivity index (χ0n) is 12.5. The first kappa shape index (κ1) is 15.0. The van der Waals surface area contributed by atoms with Crippen LogP contribution in [0, 0.1) is 6.92 Å². The summed E-state index contributed by atoms with van der Waals surface area (Å²) in [5.41, 5.74) is 2.03. The van der Waals surface area contributed by atoms with Gasteiger partial charge in [0.15, 0.2) is 0 Å². The third-order valence-corrected chi connectivity index (χ3v) is 3.70. The van der Waals surface area contributed by atoms with E-state index >= 15 is 0 Å². The van der Waals surface area contributed by atoms with Gasteiger partial charge in [-0.1, -0.05) is 17.7 Å². The Hall–Kier alpha value is -1.39. The van der Waals surface area contributed by atoms with Gasteiger partial charge in [-0.2, -0.15) is 0 Å². The SMILES string of the molecule is CCOC1CC(NC(C)C(=O)Nc2ccc(C)cc2)C1. The van der Waals surface area contributed by atoms with Gasteiger partial charge in [0, 0.05) is 18.3 Å². The summed E-state index contributed by atoms with van der Waals surface area (Å²) in [6, 6.07) is 8.04. The lowest BCUT2D eigenvalue weighted by atomic mass is 9.88. The van der Waals surface area contributed by atoms with Crippen molar-refractivity contribution < 1.29 is 9.53 Å². The molecular weight excluding hydrogens is 252 g/mol. The lowest BCUT2D eigenvalue weighted by Gasteiger charge is -2.37. The lowest BCUT2D eigenvalue weighted by Crippen LogP contribution is -2.51. The van der Waals surface area contributed by atoms with E-state index in [1.165, 1.54) is 5.56 Å². The molecule has 1 aromatic rings. The molecule has 0 aliphatic heterocycles. The number of benzene rings is 1. The molecule has 0 heterocycles. The Morgan fingerprint density at radius 3 is 2.60 bits per heavy atom. The Morgan fingerprint density at radius 1 is 1.35 bits per heavy atom. The molecule has 1 aromatic carbocycles. The first-order valence-corrected chi connectivity index (χ1v) is 7.33. The molecule has 0 saturated heterocycles. The van der Waals surface area contributed by atoms with E-state index in [1.807, 2.05) is 45.0 Å². The van der Waals surface area contributed by atoms with Gasteiger partial charge >= 0.3 is 0 Å². The number of carbonyl (C=O) groups excluding carboxylic acids is 1. The van der Waals surface area contributed by atoms with Crippen molar-refractivity contribution in [3.8, 4) is 0 Å². The molecule has 1 amide bonds. The van der Waals surface area contributed by atoms with E-state index in [-0.39, 0.29) is 11.9 Å². The summed E-state index contributed by atoms with van der Waals surface area (Å²) in [6.45, 7) is 6.71. The second-order valence-corrected chi connectivity index (χ2v) is 5.49. The average Bonchev–Trinajstić information content (AvgIpc) is 2.39. The summed E-state index contributed by atoms with van der Waals surface area (Å²) in [5, 5.41) is 6.27. The van der Waals surface area contributed by atoms with Gasteiger partial charge in [0.25, 0.3) is 0 Å². The van der Waals surface area contributed by atoms with Gasteiger partial charge in [0.1, 0.15) is 0 Å². The Bertz CT molecular complexity index is 438. The van der Waals surface area contributed by atoms with Crippen LogP contribution in [-0.2, 0) is 9.53 Å². The Morgan fingerprint density at radius 2 is 2.00 bits per heavy atom. The van der Waals surface area contributed by atoms with Crippen molar-refractivity contribution in [2.45, 2.75) is 51.8 Å². The highest BCUT2D eigenvalue weighted by molar-refractivity contribution is 5.94. The minimum atomic E-state index is -0.191. The normalized spacial score (nSPS) is 22.9. The van der Waals surface area contributed by atoms with Crippen molar-refractivity contribution in [2.24, 2.45) is 0 Å². The molecule has 2 N–H and O–H groups in total. The molecule has 20 heavy (non-hydrogen) atoms. The Labute approximate surface area is 120 Å². The summed E-state index contributed by atoms with van der Waals surface area (Å²) in [4.78, 5) is 12.1. The zero-order valence-corrected chi connectivity index (χ0v) is 12.5. The van der Waals surface area contributed by atoms with Crippen LogP contribution in [0.2, 0.25) is 0 Å². The molecule has 4 heteroatoms. The molecular formula is C16H24N2O2. The quantitative estimate of drug-likeness (QED) is 0.839. The van der Waals surface area contributed by atoms with Gasteiger partial charge < -0.3 is 15.4 Å². The predicted octanol–water partition coefficient (Wildman–Crippen LogP) is 2.48.